The zero-order valence-electron chi connectivity index (χ0n) is 9.00. The van der Waals surface area contributed by atoms with Gasteiger partial charge in [-0.3, -0.25) is 0 Å². The van der Waals surface area contributed by atoms with Crippen LogP contribution in [-0.4, -0.2) is 36.8 Å². The molecule has 1 heterocycles. The third-order valence-corrected chi connectivity index (χ3v) is 3.39. The van der Waals surface area contributed by atoms with Crippen LogP contribution in [0.5, 0.6) is 0 Å². The minimum Gasteiger partial charge on any atom is -0.375 e. The summed E-state index contributed by atoms with van der Waals surface area (Å²) in [6.07, 6.45) is 4.53. The Morgan fingerprint density at radius 2 is 2.57 bits per heavy atom. The van der Waals surface area contributed by atoms with Crippen LogP contribution in [0.3, 0.4) is 0 Å². The number of ether oxygens (including phenoxy) is 1. The van der Waals surface area contributed by atoms with E-state index in [4.69, 9.17) is 4.74 Å². The quantitative estimate of drug-likeness (QED) is 0.685. The summed E-state index contributed by atoms with van der Waals surface area (Å²) >= 11 is 1.99. The van der Waals surface area contributed by atoms with E-state index in [1.165, 1.54) is 6.42 Å². The van der Waals surface area contributed by atoms with Crippen LogP contribution < -0.4 is 5.32 Å². The van der Waals surface area contributed by atoms with Crippen LogP contribution in [-0.2, 0) is 4.74 Å². The van der Waals surface area contributed by atoms with Crippen molar-refractivity contribution >= 4 is 11.8 Å². The first-order valence-corrected chi connectivity index (χ1v) is 6.57. The first kappa shape index (κ1) is 12.1. The van der Waals surface area contributed by atoms with Crippen molar-refractivity contribution in [1.82, 2.24) is 5.32 Å². The molecule has 0 aromatic heterocycles. The molecular formula is C11H21NOS. The molecular weight excluding hydrogens is 194 g/mol. The van der Waals surface area contributed by atoms with Crippen molar-refractivity contribution in [1.29, 1.82) is 0 Å². The lowest BCUT2D eigenvalue weighted by Gasteiger charge is -2.30. The Morgan fingerprint density at radius 1 is 1.71 bits per heavy atom. The van der Waals surface area contributed by atoms with Gasteiger partial charge in [-0.25, -0.2) is 0 Å². The molecule has 2 atom stereocenters. The van der Waals surface area contributed by atoms with Crippen LogP contribution in [0.25, 0.3) is 0 Å². The highest BCUT2D eigenvalue weighted by Crippen LogP contribution is 2.17. The van der Waals surface area contributed by atoms with Crippen LogP contribution in [0.4, 0.5) is 0 Å². The lowest BCUT2D eigenvalue weighted by molar-refractivity contribution is 0.0479. The van der Waals surface area contributed by atoms with Gasteiger partial charge in [0, 0.05) is 17.5 Å². The summed E-state index contributed by atoms with van der Waals surface area (Å²) in [5, 5.41) is 3.53. The Morgan fingerprint density at radius 3 is 3.14 bits per heavy atom. The van der Waals surface area contributed by atoms with E-state index in [0.717, 1.165) is 31.1 Å². The summed E-state index contributed by atoms with van der Waals surface area (Å²) in [7, 11) is 0. The zero-order valence-corrected chi connectivity index (χ0v) is 9.81. The zero-order chi connectivity index (χ0) is 10.2. The molecule has 0 bridgehead atoms. The van der Waals surface area contributed by atoms with Crippen molar-refractivity contribution in [3.63, 3.8) is 0 Å². The molecule has 0 saturated carbocycles. The topological polar surface area (TPSA) is 21.3 Å². The predicted molar refractivity (Wildman–Crippen MR) is 64.0 cm³/mol. The van der Waals surface area contributed by atoms with Gasteiger partial charge in [0.05, 0.1) is 12.7 Å². The van der Waals surface area contributed by atoms with Crippen LogP contribution in [0.2, 0.25) is 0 Å². The van der Waals surface area contributed by atoms with Gasteiger partial charge < -0.3 is 10.1 Å². The molecule has 3 heteroatoms. The molecule has 0 radical (unpaired) electrons. The smallest absolute Gasteiger partial charge is 0.0821 e. The number of hydrogen-bond donors (Lipinski definition) is 1. The second kappa shape index (κ2) is 7.32. The Labute approximate surface area is 91.5 Å². The van der Waals surface area contributed by atoms with E-state index in [1.54, 1.807) is 0 Å². The van der Waals surface area contributed by atoms with Gasteiger partial charge in [0.1, 0.15) is 0 Å². The number of thioether (sulfide) groups is 1. The van der Waals surface area contributed by atoms with E-state index < -0.39 is 0 Å². The highest BCUT2D eigenvalue weighted by molar-refractivity contribution is 7.99. The van der Waals surface area contributed by atoms with Gasteiger partial charge in [0.2, 0.25) is 0 Å². The van der Waals surface area contributed by atoms with E-state index in [0.29, 0.717) is 12.1 Å². The molecule has 82 valence electrons. The Kier molecular flexibility index (Phi) is 6.32. The van der Waals surface area contributed by atoms with Crippen molar-refractivity contribution in [2.45, 2.75) is 31.9 Å². The highest BCUT2D eigenvalue weighted by Gasteiger charge is 2.22. The van der Waals surface area contributed by atoms with Gasteiger partial charge in [-0.2, -0.15) is 11.8 Å². The molecule has 1 saturated heterocycles. The molecule has 0 spiro atoms. The molecule has 0 aliphatic carbocycles. The van der Waals surface area contributed by atoms with Crippen LogP contribution in [0, 0.1) is 0 Å². The monoisotopic (exact) mass is 215 g/mol. The lowest BCUT2D eigenvalue weighted by atomic mass is 10.1. The second-order valence-corrected chi connectivity index (χ2v) is 4.72. The van der Waals surface area contributed by atoms with Gasteiger partial charge in [-0.15, -0.1) is 6.58 Å². The molecule has 1 aliphatic heterocycles. The first-order chi connectivity index (χ1) is 6.88. The first-order valence-electron chi connectivity index (χ1n) is 5.42. The largest absolute Gasteiger partial charge is 0.375 e. The Bertz CT molecular complexity index is 157. The van der Waals surface area contributed by atoms with Crippen molar-refractivity contribution in [3.8, 4) is 0 Å². The minimum absolute atomic E-state index is 0.373. The average Bonchev–Trinajstić information content (AvgIpc) is 2.25. The maximum absolute atomic E-state index is 5.76. The van der Waals surface area contributed by atoms with E-state index >= 15 is 0 Å². The number of hydrogen-bond acceptors (Lipinski definition) is 3. The highest BCUT2D eigenvalue weighted by atomic mass is 32.2. The van der Waals surface area contributed by atoms with Crippen LogP contribution in [0.15, 0.2) is 12.7 Å². The molecule has 2 unspecified atom stereocenters. The predicted octanol–water partition coefficient (Wildman–Crippen LogP) is 2.06. The van der Waals surface area contributed by atoms with Gasteiger partial charge in [-0.05, 0) is 19.4 Å². The fourth-order valence-corrected chi connectivity index (χ4v) is 2.56. The number of rotatable bonds is 6. The second-order valence-electron chi connectivity index (χ2n) is 3.57. The summed E-state index contributed by atoms with van der Waals surface area (Å²) in [6, 6.07) is 0.459. The normalized spacial score (nSPS) is 24.5. The molecule has 0 aromatic carbocycles. The Hall–Kier alpha value is 0.01000. The van der Waals surface area contributed by atoms with Crippen LogP contribution in [0.1, 0.15) is 19.8 Å². The van der Waals surface area contributed by atoms with Crippen molar-refractivity contribution < 1.29 is 4.74 Å². The van der Waals surface area contributed by atoms with E-state index in [-0.39, 0.29) is 0 Å². The van der Waals surface area contributed by atoms with Crippen LogP contribution >= 0.6 is 11.8 Å². The fourth-order valence-electron chi connectivity index (χ4n) is 1.61. The molecule has 1 rings (SSSR count). The summed E-state index contributed by atoms with van der Waals surface area (Å²) < 4.78 is 5.76. The van der Waals surface area contributed by atoms with Crippen molar-refractivity contribution in [3.05, 3.63) is 12.7 Å². The van der Waals surface area contributed by atoms with Gasteiger partial charge >= 0.3 is 0 Å². The number of nitrogens with one attached hydrogen (secondary N) is 1. The summed E-state index contributed by atoms with van der Waals surface area (Å²) in [6.45, 7) is 7.96. The van der Waals surface area contributed by atoms with Gasteiger partial charge in [-0.1, -0.05) is 13.0 Å². The minimum atomic E-state index is 0.373. The summed E-state index contributed by atoms with van der Waals surface area (Å²) in [5.74, 6) is 2.26. The molecule has 0 amide bonds. The maximum Gasteiger partial charge on any atom is 0.0821 e. The average molecular weight is 215 g/mol. The fraction of sp³-hybridized carbons (Fsp3) is 0.818. The van der Waals surface area contributed by atoms with Gasteiger partial charge in [0.15, 0.2) is 0 Å². The molecule has 1 fully saturated rings. The van der Waals surface area contributed by atoms with E-state index in [1.807, 2.05) is 17.8 Å². The molecule has 0 aromatic rings. The molecule has 2 nitrogen and oxygen atoms in total. The van der Waals surface area contributed by atoms with Gasteiger partial charge in [0.25, 0.3) is 0 Å². The van der Waals surface area contributed by atoms with E-state index in [9.17, 15) is 0 Å². The lowest BCUT2D eigenvalue weighted by Crippen LogP contribution is -2.44. The molecule has 14 heavy (non-hydrogen) atoms. The van der Waals surface area contributed by atoms with E-state index in [2.05, 4.69) is 18.8 Å². The third kappa shape index (κ3) is 4.03. The molecule has 1 aliphatic rings. The summed E-state index contributed by atoms with van der Waals surface area (Å²) in [5.41, 5.74) is 0. The summed E-state index contributed by atoms with van der Waals surface area (Å²) in [4.78, 5) is 0. The standard InChI is InChI=1S/C11H21NOS/c1-3-5-10(12-6-4-2)11-9-14-8-7-13-11/h3,10-12H,1,4-9H2,2H3. The molecule has 1 N–H and O–H groups in total. The Balaban J connectivity index is 2.34. The van der Waals surface area contributed by atoms with Crippen molar-refractivity contribution in [2.75, 3.05) is 24.7 Å². The third-order valence-electron chi connectivity index (χ3n) is 2.37. The maximum atomic E-state index is 5.76. The SMILES string of the molecule is C=CCC(NCCC)C1CSCCO1. The van der Waals surface area contributed by atoms with Crippen molar-refractivity contribution in [2.24, 2.45) is 0 Å².